The molecule has 0 bridgehead atoms. The van der Waals surface area contributed by atoms with Crippen LogP contribution in [0.15, 0.2) is 34.2 Å². The van der Waals surface area contributed by atoms with Gasteiger partial charge in [-0.3, -0.25) is 14.2 Å². The van der Waals surface area contributed by atoms with Crippen molar-refractivity contribution in [3.8, 4) is 5.69 Å². The van der Waals surface area contributed by atoms with Crippen LogP contribution in [0.1, 0.15) is 48.6 Å². The van der Waals surface area contributed by atoms with Gasteiger partial charge in [0.05, 0.1) is 16.3 Å². The van der Waals surface area contributed by atoms with E-state index in [1.165, 1.54) is 28.6 Å². The molecule has 1 atom stereocenters. The molecule has 2 aliphatic rings. The number of carbonyl (C=O) groups is 1. The van der Waals surface area contributed by atoms with E-state index in [2.05, 4.69) is 0 Å². The number of amides is 1. The van der Waals surface area contributed by atoms with E-state index in [4.69, 9.17) is 4.98 Å². The first kappa shape index (κ1) is 20.8. The van der Waals surface area contributed by atoms with Crippen molar-refractivity contribution in [3.63, 3.8) is 0 Å². The van der Waals surface area contributed by atoms with Gasteiger partial charge in [0.1, 0.15) is 4.83 Å². The van der Waals surface area contributed by atoms with Crippen LogP contribution in [-0.4, -0.2) is 38.7 Å². The van der Waals surface area contributed by atoms with Crippen molar-refractivity contribution in [2.45, 2.75) is 62.8 Å². The van der Waals surface area contributed by atoms with Gasteiger partial charge in [0.15, 0.2) is 5.16 Å². The highest BCUT2D eigenvalue weighted by atomic mass is 32.2. The minimum Gasteiger partial charge on any atom is -0.342 e. The van der Waals surface area contributed by atoms with Crippen LogP contribution < -0.4 is 5.56 Å². The third-order valence-corrected chi connectivity index (χ3v) is 8.49. The van der Waals surface area contributed by atoms with Crippen LogP contribution >= 0.6 is 23.1 Å². The number of fused-ring (bicyclic) bond motifs is 3. The molecule has 2 aromatic heterocycles. The SMILES string of the molecule is Cc1cccc(-n2c(S[C@H](C)C(=O)N3CCCCC3)nc3sc4c(c3c2=O)CCC4)c1. The second kappa shape index (κ2) is 8.43. The summed E-state index contributed by atoms with van der Waals surface area (Å²) < 4.78 is 1.73. The molecule has 3 heterocycles. The summed E-state index contributed by atoms with van der Waals surface area (Å²) in [5.41, 5.74) is 3.09. The van der Waals surface area contributed by atoms with Crippen LogP contribution in [0.5, 0.6) is 0 Å². The number of rotatable bonds is 4. The molecule has 5 nitrogen and oxygen atoms in total. The van der Waals surface area contributed by atoms with Gasteiger partial charge < -0.3 is 4.90 Å². The summed E-state index contributed by atoms with van der Waals surface area (Å²) >= 11 is 3.06. The maximum atomic E-state index is 13.8. The summed E-state index contributed by atoms with van der Waals surface area (Å²) in [6.07, 6.45) is 6.44. The van der Waals surface area contributed by atoms with Gasteiger partial charge in [0.2, 0.25) is 5.91 Å². The Morgan fingerprint density at radius 3 is 2.74 bits per heavy atom. The van der Waals surface area contributed by atoms with E-state index >= 15 is 0 Å². The van der Waals surface area contributed by atoms with E-state index in [0.29, 0.717) is 5.16 Å². The molecular formula is C24H27N3O2S2. The predicted octanol–water partition coefficient (Wildman–Crippen LogP) is 4.74. The first-order valence-corrected chi connectivity index (χ1v) is 12.8. The molecular weight excluding hydrogens is 426 g/mol. The summed E-state index contributed by atoms with van der Waals surface area (Å²) in [5.74, 6) is 0.142. The van der Waals surface area contributed by atoms with Crippen LogP contribution in [0.4, 0.5) is 0 Å². The smallest absolute Gasteiger partial charge is 0.267 e. The minimum absolute atomic E-state index is 0.00452. The molecule has 3 aromatic rings. The summed E-state index contributed by atoms with van der Waals surface area (Å²) in [5, 5.41) is 1.10. The lowest BCUT2D eigenvalue weighted by Gasteiger charge is -2.29. The number of likely N-dealkylation sites (tertiary alicyclic amines) is 1. The topological polar surface area (TPSA) is 55.2 Å². The predicted molar refractivity (Wildman–Crippen MR) is 128 cm³/mol. The van der Waals surface area contributed by atoms with Gasteiger partial charge in [-0.05, 0) is 75.6 Å². The molecule has 0 spiro atoms. The zero-order valence-electron chi connectivity index (χ0n) is 18.0. The van der Waals surface area contributed by atoms with Crippen LogP contribution in [0.3, 0.4) is 0 Å². The van der Waals surface area contributed by atoms with Crippen molar-refractivity contribution in [2.75, 3.05) is 13.1 Å². The lowest BCUT2D eigenvalue weighted by Crippen LogP contribution is -2.40. The Hall–Kier alpha value is -2.12. The van der Waals surface area contributed by atoms with Gasteiger partial charge in [0, 0.05) is 18.0 Å². The molecule has 7 heteroatoms. The number of thiophene rings is 1. The Morgan fingerprint density at radius 2 is 1.97 bits per heavy atom. The van der Waals surface area contributed by atoms with Crippen molar-refractivity contribution in [3.05, 3.63) is 50.6 Å². The zero-order valence-corrected chi connectivity index (χ0v) is 19.7. The van der Waals surface area contributed by atoms with Gasteiger partial charge in [-0.25, -0.2) is 4.98 Å². The minimum atomic E-state index is -0.287. The molecule has 0 N–H and O–H groups in total. The number of thioether (sulfide) groups is 1. The van der Waals surface area contributed by atoms with E-state index in [0.717, 1.165) is 66.7 Å². The number of aromatic nitrogens is 2. The molecule has 1 aliphatic heterocycles. The number of benzene rings is 1. The Labute approximate surface area is 190 Å². The Kier molecular flexibility index (Phi) is 5.65. The fourth-order valence-corrected chi connectivity index (χ4v) is 6.99. The highest BCUT2D eigenvalue weighted by Gasteiger charge is 2.28. The highest BCUT2D eigenvalue weighted by molar-refractivity contribution is 8.00. The van der Waals surface area contributed by atoms with E-state index in [-0.39, 0.29) is 16.7 Å². The summed E-state index contributed by atoms with van der Waals surface area (Å²) in [7, 11) is 0. The molecule has 1 fully saturated rings. The van der Waals surface area contributed by atoms with Crippen molar-refractivity contribution in [1.82, 2.24) is 14.5 Å². The Balaban J connectivity index is 1.60. The van der Waals surface area contributed by atoms with Gasteiger partial charge >= 0.3 is 0 Å². The molecule has 5 rings (SSSR count). The van der Waals surface area contributed by atoms with Gasteiger partial charge in [0.25, 0.3) is 5.56 Å². The van der Waals surface area contributed by atoms with Crippen molar-refractivity contribution < 1.29 is 4.79 Å². The molecule has 0 saturated carbocycles. The standard InChI is InChI=1S/C24H27N3O2S2/c1-15-8-6-9-17(14-15)27-23(29)20-18-10-7-11-19(18)31-21(20)25-24(27)30-16(2)22(28)26-12-4-3-5-13-26/h6,8-9,14,16H,3-5,7,10-13H2,1-2H3/t16-/m1/s1. The van der Waals surface area contributed by atoms with Gasteiger partial charge in [-0.2, -0.15) is 0 Å². The van der Waals surface area contributed by atoms with Crippen molar-refractivity contribution in [2.24, 2.45) is 0 Å². The first-order chi connectivity index (χ1) is 15.0. The molecule has 31 heavy (non-hydrogen) atoms. The quantitative estimate of drug-likeness (QED) is 0.423. The van der Waals surface area contributed by atoms with Gasteiger partial charge in [-0.15, -0.1) is 11.3 Å². The number of hydrogen-bond acceptors (Lipinski definition) is 5. The molecule has 1 aromatic carbocycles. The Bertz CT molecular complexity index is 1210. The fraction of sp³-hybridized carbons (Fsp3) is 0.458. The fourth-order valence-electron chi connectivity index (χ4n) is 4.68. The van der Waals surface area contributed by atoms with Crippen LogP contribution in [0.25, 0.3) is 15.9 Å². The molecule has 1 aliphatic carbocycles. The van der Waals surface area contributed by atoms with E-state index in [1.54, 1.807) is 15.9 Å². The highest BCUT2D eigenvalue weighted by Crippen LogP contribution is 2.36. The normalized spacial score (nSPS) is 17.2. The maximum absolute atomic E-state index is 13.8. The summed E-state index contributed by atoms with van der Waals surface area (Å²) in [6, 6.07) is 7.96. The number of nitrogens with zero attached hydrogens (tertiary/aromatic N) is 3. The van der Waals surface area contributed by atoms with E-state index in [9.17, 15) is 9.59 Å². The second-order valence-electron chi connectivity index (χ2n) is 8.56. The van der Waals surface area contributed by atoms with Gasteiger partial charge in [-0.1, -0.05) is 23.9 Å². The zero-order chi connectivity index (χ0) is 21.5. The number of hydrogen-bond donors (Lipinski definition) is 0. The second-order valence-corrected chi connectivity index (χ2v) is 10.9. The average molecular weight is 454 g/mol. The largest absolute Gasteiger partial charge is 0.342 e. The third kappa shape index (κ3) is 3.82. The maximum Gasteiger partial charge on any atom is 0.267 e. The molecule has 0 radical (unpaired) electrons. The van der Waals surface area contributed by atoms with Crippen LogP contribution in [0.2, 0.25) is 0 Å². The van der Waals surface area contributed by atoms with Crippen LogP contribution in [0, 0.1) is 6.92 Å². The summed E-state index contributed by atoms with van der Waals surface area (Å²) in [6.45, 7) is 5.63. The summed E-state index contributed by atoms with van der Waals surface area (Å²) in [4.78, 5) is 35.8. The molecule has 162 valence electrons. The average Bonchev–Trinajstić information content (AvgIpc) is 3.35. The van der Waals surface area contributed by atoms with E-state index in [1.807, 2.05) is 43.0 Å². The third-order valence-electron chi connectivity index (χ3n) is 6.27. The van der Waals surface area contributed by atoms with Crippen LogP contribution in [-0.2, 0) is 17.6 Å². The number of carbonyl (C=O) groups excluding carboxylic acids is 1. The molecule has 1 amide bonds. The first-order valence-electron chi connectivity index (χ1n) is 11.1. The van der Waals surface area contributed by atoms with Crippen molar-refractivity contribution in [1.29, 1.82) is 0 Å². The molecule has 0 unspecified atom stereocenters. The molecule has 1 saturated heterocycles. The number of aryl methyl sites for hydroxylation is 3. The monoisotopic (exact) mass is 453 g/mol. The van der Waals surface area contributed by atoms with Crippen molar-refractivity contribution >= 4 is 39.2 Å². The lowest BCUT2D eigenvalue weighted by molar-refractivity contribution is -0.131. The number of piperidine rings is 1. The lowest BCUT2D eigenvalue weighted by atomic mass is 10.1. The Morgan fingerprint density at radius 1 is 1.16 bits per heavy atom. The van der Waals surface area contributed by atoms with E-state index < -0.39 is 0 Å².